The molecule has 0 atom stereocenters. The van der Waals surface area contributed by atoms with Gasteiger partial charge in [-0.25, -0.2) is 9.97 Å². The van der Waals surface area contributed by atoms with E-state index < -0.39 is 0 Å². The van der Waals surface area contributed by atoms with Crippen LogP contribution in [0, 0.1) is 0 Å². The second-order valence-electron chi connectivity index (χ2n) is 5.75. The molecule has 0 bridgehead atoms. The van der Waals surface area contributed by atoms with Gasteiger partial charge in [0, 0.05) is 37.9 Å². The molecule has 1 aliphatic rings. The van der Waals surface area contributed by atoms with Crippen LogP contribution in [0.3, 0.4) is 0 Å². The molecule has 0 amide bonds. The second kappa shape index (κ2) is 7.90. The topological polar surface area (TPSA) is 55.6 Å². The Balaban J connectivity index is 0.00000101. The van der Waals surface area contributed by atoms with Gasteiger partial charge in [-0.15, -0.1) is 0 Å². The van der Waals surface area contributed by atoms with Gasteiger partial charge in [-0.05, 0) is 38.3 Å². The Hall–Kier alpha value is -2.43. The fourth-order valence-electron chi connectivity index (χ4n) is 2.46. The van der Waals surface area contributed by atoms with Gasteiger partial charge in [-0.3, -0.25) is 4.68 Å². The number of anilines is 2. The van der Waals surface area contributed by atoms with Crippen LogP contribution in [0.5, 0.6) is 0 Å². The lowest BCUT2D eigenvalue weighted by Crippen LogP contribution is -2.02. The molecular weight excluding hydrogens is 298 g/mol. The molecule has 2 heterocycles. The highest BCUT2D eigenvalue weighted by Crippen LogP contribution is 2.40. The summed E-state index contributed by atoms with van der Waals surface area (Å²) in [6.07, 6.45) is 8.12. The highest BCUT2D eigenvalue weighted by Gasteiger charge is 2.27. The lowest BCUT2D eigenvalue weighted by atomic mass is 10.1. The Kier molecular flexibility index (Phi) is 5.90. The van der Waals surface area contributed by atoms with Gasteiger partial charge in [-0.2, -0.15) is 5.10 Å². The van der Waals surface area contributed by atoms with Crippen LogP contribution in [0.4, 0.5) is 11.6 Å². The molecule has 0 saturated heterocycles. The Labute approximate surface area is 146 Å². The minimum atomic E-state index is 0. The summed E-state index contributed by atoms with van der Waals surface area (Å²) in [6, 6.07) is 2.11. The van der Waals surface area contributed by atoms with E-state index in [9.17, 15) is 0 Å². The molecule has 0 spiro atoms. The molecular formula is C19H29N5. The van der Waals surface area contributed by atoms with Crippen LogP contribution in [0.1, 0.15) is 65.0 Å². The minimum Gasteiger partial charge on any atom is -0.323 e. The number of aromatic nitrogens is 4. The van der Waals surface area contributed by atoms with E-state index in [0.29, 0.717) is 11.7 Å². The molecule has 2 aromatic rings. The molecule has 24 heavy (non-hydrogen) atoms. The molecule has 3 rings (SSSR count). The van der Waals surface area contributed by atoms with Crippen molar-refractivity contribution in [3.05, 3.63) is 42.0 Å². The van der Waals surface area contributed by atoms with Crippen molar-refractivity contribution in [1.82, 2.24) is 19.7 Å². The van der Waals surface area contributed by atoms with Gasteiger partial charge in [0.15, 0.2) is 11.6 Å². The minimum absolute atomic E-state index is 0. The molecule has 1 fully saturated rings. The van der Waals surface area contributed by atoms with Gasteiger partial charge in [0.25, 0.3) is 0 Å². The Morgan fingerprint density at radius 3 is 2.71 bits per heavy atom. The Morgan fingerprint density at radius 1 is 1.42 bits per heavy atom. The summed E-state index contributed by atoms with van der Waals surface area (Å²) >= 11 is 0. The van der Waals surface area contributed by atoms with Crippen LogP contribution in [0.2, 0.25) is 0 Å². The van der Waals surface area contributed by atoms with Crippen LogP contribution in [0.15, 0.2) is 24.9 Å². The van der Waals surface area contributed by atoms with Crippen LogP contribution in [0.25, 0.3) is 11.6 Å². The number of hydrogen-bond donors (Lipinski definition) is 1. The molecule has 5 heteroatoms. The molecule has 2 aromatic heterocycles. The van der Waals surface area contributed by atoms with E-state index in [1.54, 1.807) is 6.20 Å². The Bertz CT molecular complexity index is 744. The summed E-state index contributed by atoms with van der Waals surface area (Å²) in [7, 11) is 1.99. The van der Waals surface area contributed by atoms with Crippen molar-refractivity contribution < 1.29 is 1.43 Å². The highest BCUT2D eigenvalue weighted by molar-refractivity contribution is 5.74. The zero-order valence-corrected chi connectivity index (χ0v) is 15.3. The first-order valence-electron chi connectivity index (χ1n) is 8.55. The van der Waals surface area contributed by atoms with Crippen molar-refractivity contribution in [1.29, 1.82) is 0 Å². The van der Waals surface area contributed by atoms with Crippen molar-refractivity contribution in [2.75, 3.05) is 5.32 Å². The van der Waals surface area contributed by atoms with Gasteiger partial charge in [0.05, 0.1) is 0 Å². The lowest BCUT2D eigenvalue weighted by molar-refractivity contribution is 0.716. The maximum atomic E-state index is 4.56. The lowest BCUT2D eigenvalue weighted by Gasteiger charge is -2.09. The van der Waals surface area contributed by atoms with Crippen LogP contribution < -0.4 is 5.32 Å². The largest absolute Gasteiger partial charge is 0.323 e. The first-order chi connectivity index (χ1) is 11.6. The molecule has 0 aliphatic heterocycles. The standard InChI is InChI=1S/C17H21N5.C2H6.H2/c1-5-6-15-18-10-13(11(2)3)17(19-15)20-16-9-14(12-7-8-12)22(4)21-16;1-2;/h5-6,9-10,12H,2,7-8H2,1,3-4H3,(H,18,19,20,21);1-2H3;1H/b6-5+;;. The van der Waals surface area contributed by atoms with Gasteiger partial charge >= 0.3 is 0 Å². The summed E-state index contributed by atoms with van der Waals surface area (Å²) in [5.41, 5.74) is 3.11. The number of nitrogens with one attached hydrogen (secondary N) is 1. The third-order valence-electron chi connectivity index (χ3n) is 3.74. The number of nitrogens with zero attached hydrogens (tertiary/aromatic N) is 4. The molecule has 130 valence electrons. The van der Waals surface area contributed by atoms with Gasteiger partial charge in [0.1, 0.15) is 5.82 Å². The average Bonchev–Trinajstić information content (AvgIpc) is 3.33. The molecule has 1 aliphatic carbocycles. The third-order valence-corrected chi connectivity index (χ3v) is 3.74. The van der Waals surface area contributed by atoms with Crippen molar-refractivity contribution in [3.8, 4) is 0 Å². The molecule has 0 aromatic carbocycles. The normalized spacial score (nSPS) is 13.5. The summed E-state index contributed by atoms with van der Waals surface area (Å²) in [5, 5.41) is 7.86. The maximum absolute atomic E-state index is 4.56. The fourth-order valence-corrected chi connectivity index (χ4v) is 2.46. The number of aryl methyl sites for hydroxylation is 1. The molecule has 5 nitrogen and oxygen atoms in total. The molecule has 0 unspecified atom stereocenters. The predicted octanol–water partition coefficient (Wildman–Crippen LogP) is 5.17. The average molecular weight is 327 g/mol. The maximum Gasteiger partial charge on any atom is 0.153 e. The Morgan fingerprint density at radius 2 is 2.12 bits per heavy atom. The number of hydrogen-bond acceptors (Lipinski definition) is 4. The smallest absolute Gasteiger partial charge is 0.153 e. The molecule has 1 N–H and O–H groups in total. The van der Waals surface area contributed by atoms with E-state index >= 15 is 0 Å². The van der Waals surface area contributed by atoms with E-state index in [4.69, 9.17) is 0 Å². The summed E-state index contributed by atoms with van der Waals surface area (Å²) in [4.78, 5) is 8.89. The second-order valence-corrected chi connectivity index (χ2v) is 5.75. The third kappa shape index (κ3) is 4.10. The van der Waals surface area contributed by atoms with E-state index in [-0.39, 0.29) is 1.43 Å². The number of allylic oxidation sites excluding steroid dienone is 2. The van der Waals surface area contributed by atoms with Crippen LogP contribution >= 0.6 is 0 Å². The van der Waals surface area contributed by atoms with Gasteiger partial charge in [0.2, 0.25) is 0 Å². The first kappa shape index (κ1) is 17.9. The SMILES string of the molecule is C=C(C)c1cnc(/C=C/C)nc1Nc1cc(C2CC2)n(C)n1.CC.[HH]. The van der Waals surface area contributed by atoms with Gasteiger partial charge < -0.3 is 5.32 Å². The van der Waals surface area contributed by atoms with E-state index in [1.807, 2.05) is 51.6 Å². The van der Waals surface area contributed by atoms with Crippen molar-refractivity contribution in [2.24, 2.45) is 7.05 Å². The summed E-state index contributed by atoms with van der Waals surface area (Å²) in [6.45, 7) is 11.9. The number of rotatable bonds is 5. The highest BCUT2D eigenvalue weighted by atomic mass is 15.3. The van der Waals surface area contributed by atoms with Crippen molar-refractivity contribution in [2.45, 2.75) is 46.5 Å². The van der Waals surface area contributed by atoms with E-state index in [2.05, 4.69) is 33.0 Å². The van der Waals surface area contributed by atoms with Gasteiger partial charge in [-0.1, -0.05) is 26.5 Å². The fraction of sp³-hybridized carbons (Fsp3) is 0.421. The predicted molar refractivity (Wildman–Crippen MR) is 103 cm³/mol. The monoisotopic (exact) mass is 327 g/mol. The molecule has 0 radical (unpaired) electrons. The van der Waals surface area contributed by atoms with E-state index in [0.717, 1.165) is 22.8 Å². The van der Waals surface area contributed by atoms with Crippen molar-refractivity contribution in [3.63, 3.8) is 0 Å². The van der Waals surface area contributed by atoms with Crippen LogP contribution in [-0.4, -0.2) is 19.7 Å². The zero-order chi connectivity index (χ0) is 17.7. The van der Waals surface area contributed by atoms with Crippen molar-refractivity contribution >= 4 is 23.3 Å². The van der Waals surface area contributed by atoms with Crippen LogP contribution in [-0.2, 0) is 7.05 Å². The summed E-state index contributed by atoms with van der Waals surface area (Å²) in [5.74, 6) is 2.90. The first-order valence-corrected chi connectivity index (χ1v) is 8.55. The zero-order valence-electron chi connectivity index (χ0n) is 15.3. The quantitative estimate of drug-likeness (QED) is 0.823. The summed E-state index contributed by atoms with van der Waals surface area (Å²) < 4.78 is 1.95. The molecule has 1 saturated carbocycles. The van der Waals surface area contributed by atoms with E-state index in [1.165, 1.54) is 18.5 Å².